The second-order valence-corrected chi connectivity index (χ2v) is 5.29. The van der Waals surface area contributed by atoms with E-state index in [9.17, 15) is 9.59 Å². The molecular formula is C15H18ClNO2. The number of halogens is 1. The fourth-order valence-corrected chi connectivity index (χ4v) is 2.57. The molecule has 0 atom stereocenters. The summed E-state index contributed by atoms with van der Waals surface area (Å²) in [5, 5.41) is 0.451. The van der Waals surface area contributed by atoms with Crippen LogP contribution in [0.1, 0.15) is 42.5 Å². The van der Waals surface area contributed by atoms with E-state index < -0.39 is 0 Å². The fourth-order valence-electron chi connectivity index (χ4n) is 2.33. The molecule has 1 amide bonds. The Morgan fingerprint density at radius 3 is 2.68 bits per heavy atom. The molecule has 0 aliphatic carbocycles. The lowest BCUT2D eigenvalue weighted by atomic mass is 10.1. The molecular weight excluding hydrogens is 262 g/mol. The van der Waals surface area contributed by atoms with E-state index in [0.29, 0.717) is 23.6 Å². The van der Waals surface area contributed by atoms with Crippen LogP contribution in [0.15, 0.2) is 24.3 Å². The van der Waals surface area contributed by atoms with Crippen molar-refractivity contribution in [1.82, 2.24) is 4.90 Å². The van der Waals surface area contributed by atoms with Gasteiger partial charge >= 0.3 is 0 Å². The summed E-state index contributed by atoms with van der Waals surface area (Å²) in [5.41, 5.74) is 0.499. The molecule has 2 rings (SSSR count). The summed E-state index contributed by atoms with van der Waals surface area (Å²) >= 11 is 6.01. The Bertz CT molecular complexity index is 473. The van der Waals surface area contributed by atoms with Crippen LogP contribution in [0, 0.1) is 0 Å². The molecule has 4 heteroatoms. The average Bonchev–Trinajstić information content (AvgIpc) is 2.39. The number of likely N-dealkylation sites (tertiary alicyclic amines) is 1. The third kappa shape index (κ3) is 3.80. The van der Waals surface area contributed by atoms with E-state index in [0.717, 1.165) is 25.7 Å². The summed E-state index contributed by atoms with van der Waals surface area (Å²) < 4.78 is 0. The Hall–Kier alpha value is -1.35. The number of rotatable bonds is 3. The van der Waals surface area contributed by atoms with Gasteiger partial charge in [-0.2, -0.15) is 0 Å². The van der Waals surface area contributed by atoms with Gasteiger partial charge in [-0.1, -0.05) is 36.6 Å². The van der Waals surface area contributed by atoms with Crippen molar-refractivity contribution >= 4 is 23.3 Å². The van der Waals surface area contributed by atoms with Crippen molar-refractivity contribution in [2.45, 2.75) is 32.1 Å². The first-order valence-electron chi connectivity index (χ1n) is 6.74. The van der Waals surface area contributed by atoms with Gasteiger partial charge in [-0.3, -0.25) is 9.59 Å². The fraction of sp³-hybridized carbons (Fsp3) is 0.467. The number of ketones is 1. The molecule has 0 N–H and O–H groups in total. The molecule has 19 heavy (non-hydrogen) atoms. The molecule has 1 aromatic rings. The molecule has 0 saturated carbocycles. The molecule has 102 valence electrons. The minimum absolute atomic E-state index is 0.0834. The predicted octanol–water partition coefficient (Wildman–Crippen LogP) is 3.32. The van der Waals surface area contributed by atoms with Crippen molar-refractivity contribution in [2.75, 3.05) is 13.1 Å². The van der Waals surface area contributed by atoms with Crippen LogP contribution in [0.2, 0.25) is 5.02 Å². The Morgan fingerprint density at radius 2 is 1.89 bits per heavy atom. The van der Waals surface area contributed by atoms with Gasteiger partial charge in [-0.05, 0) is 25.0 Å². The molecule has 1 fully saturated rings. The quantitative estimate of drug-likeness (QED) is 0.796. The van der Waals surface area contributed by atoms with Crippen LogP contribution < -0.4 is 0 Å². The van der Waals surface area contributed by atoms with Crippen LogP contribution >= 0.6 is 11.6 Å². The normalized spacial score (nSPS) is 16.9. The third-order valence-corrected chi connectivity index (χ3v) is 3.76. The Labute approximate surface area is 118 Å². The van der Waals surface area contributed by atoms with Crippen molar-refractivity contribution in [2.24, 2.45) is 0 Å². The van der Waals surface area contributed by atoms with Gasteiger partial charge in [0, 0.05) is 18.5 Å². The highest BCUT2D eigenvalue weighted by molar-refractivity contribution is 6.34. The highest BCUT2D eigenvalue weighted by Crippen LogP contribution is 2.17. The lowest BCUT2D eigenvalue weighted by molar-refractivity contribution is -0.131. The number of Topliss-reactive ketones (excluding diaryl/α,β-unsaturated/α-hetero) is 1. The summed E-state index contributed by atoms with van der Waals surface area (Å²) in [4.78, 5) is 25.8. The number of carbonyl (C=O) groups excluding carboxylic acids is 2. The van der Waals surface area contributed by atoms with Gasteiger partial charge in [0.15, 0.2) is 5.78 Å². The van der Waals surface area contributed by atoms with Gasteiger partial charge < -0.3 is 4.90 Å². The Balaban J connectivity index is 2.04. The zero-order valence-corrected chi connectivity index (χ0v) is 11.7. The predicted molar refractivity (Wildman–Crippen MR) is 75.4 cm³/mol. The monoisotopic (exact) mass is 279 g/mol. The molecule has 1 saturated heterocycles. The van der Waals surface area contributed by atoms with Crippen LogP contribution in [0.3, 0.4) is 0 Å². The van der Waals surface area contributed by atoms with Crippen molar-refractivity contribution in [3.63, 3.8) is 0 Å². The first-order chi connectivity index (χ1) is 9.18. The minimum atomic E-state index is -0.0838. The summed E-state index contributed by atoms with van der Waals surface area (Å²) in [7, 11) is 0. The van der Waals surface area contributed by atoms with Crippen molar-refractivity contribution in [1.29, 1.82) is 0 Å². The second-order valence-electron chi connectivity index (χ2n) is 4.88. The van der Waals surface area contributed by atoms with Crippen molar-refractivity contribution < 1.29 is 9.59 Å². The molecule has 1 aromatic carbocycles. The average molecular weight is 280 g/mol. The highest BCUT2D eigenvalue weighted by atomic mass is 35.5. The van der Waals surface area contributed by atoms with E-state index >= 15 is 0 Å². The zero-order valence-electron chi connectivity index (χ0n) is 10.9. The van der Waals surface area contributed by atoms with E-state index in [4.69, 9.17) is 11.6 Å². The number of nitrogens with zero attached hydrogens (tertiary/aromatic N) is 1. The summed E-state index contributed by atoms with van der Waals surface area (Å²) in [6, 6.07) is 6.98. The summed E-state index contributed by atoms with van der Waals surface area (Å²) in [6.07, 6.45) is 4.69. The third-order valence-electron chi connectivity index (χ3n) is 3.43. The number of benzene rings is 1. The molecule has 1 aliphatic heterocycles. The highest BCUT2D eigenvalue weighted by Gasteiger charge is 2.20. The molecule has 0 aromatic heterocycles. The molecule has 3 nitrogen and oxygen atoms in total. The smallest absolute Gasteiger partial charge is 0.222 e. The SMILES string of the molecule is O=C(CN1CCCCCCC1=O)c1ccccc1Cl. The molecule has 0 unspecified atom stereocenters. The van der Waals surface area contributed by atoms with Crippen molar-refractivity contribution in [3.05, 3.63) is 34.9 Å². The van der Waals surface area contributed by atoms with Crippen LogP contribution in [-0.2, 0) is 4.79 Å². The topological polar surface area (TPSA) is 37.4 Å². The summed E-state index contributed by atoms with van der Waals surface area (Å²) in [5.74, 6) is -0.000345. The maximum Gasteiger partial charge on any atom is 0.222 e. The largest absolute Gasteiger partial charge is 0.335 e. The summed E-state index contributed by atoms with van der Waals surface area (Å²) in [6.45, 7) is 0.817. The second kappa shape index (κ2) is 6.71. The molecule has 0 spiro atoms. The van der Waals surface area contributed by atoms with Crippen molar-refractivity contribution in [3.8, 4) is 0 Å². The number of amides is 1. The first-order valence-corrected chi connectivity index (χ1v) is 7.12. The molecule has 0 bridgehead atoms. The standard InChI is InChI=1S/C15H18ClNO2/c16-13-8-5-4-7-12(13)14(18)11-17-10-6-2-1-3-9-15(17)19/h4-5,7-8H,1-3,6,9-11H2. The van der Waals surface area contributed by atoms with Crippen LogP contribution in [0.25, 0.3) is 0 Å². The van der Waals surface area contributed by atoms with E-state index in [-0.39, 0.29) is 18.2 Å². The lowest BCUT2D eigenvalue weighted by Crippen LogP contribution is -2.37. The Morgan fingerprint density at radius 1 is 1.16 bits per heavy atom. The van der Waals surface area contributed by atoms with Gasteiger partial charge in [0.1, 0.15) is 0 Å². The van der Waals surface area contributed by atoms with E-state index in [1.807, 2.05) is 0 Å². The lowest BCUT2D eigenvalue weighted by Gasteiger charge is -2.24. The maximum atomic E-state index is 12.2. The van der Waals surface area contributed by atoms with Crippen LogP contribution in [-0.4, -0.2) is 29.7 Å². The van der Waals surface area contributed by atoms with E-state index in [2.05, 4.69) is 0 Å². The van der Waals surface area contributed by atoms with E-state index in [1.54, 1.807) is 29.2 Å². The number of hydrogen-bond acceptors (Lipinski definition) is 2. The number of carbonyl (C=O) groups is 2. The maximum absolute atomic E-state index is 12.2. The minimum Gasteiger partial charge on any atom is -0.335 e. The zero-order chi connectivity index (χ0) is 13.7. The molecule has 1 aliphatic rings. The van der Waals surface area contributed by atoms with Gasteiger partial charge in [0.25, 0.3) is 0 Å². The van der Waals surface area contributed by atoms with E-state index in [1.165, 1.54) is 0 Å². The molecule has 1 heterocycles. The van der Waals surface area contributed by atoms with Gasteiger partial charge in [0.05, 0.1) is 11.6 Å². The van der Waals surface area contributed by atoms with Gasteiger partial charge in [-0.25, -0.2) is 0 Å². The van der Waals surface area contributed by atoms with Gasteiger partial charge in [0.2, 0.25) is 5.91 Å². The number of hydrogen-bond donors (Lipinski definition) is 0. The van der Waals surface area contributed by atoms with Crippen LogP contribution in [0.5, 0.6) is 0 Å². The first kappa shape index (κ1) is 14.1. The van der Waals surface area contributed by atoms with Crippen LogP contribution in [0.4, 0.5) is 0 Å². The Kier molecular flexibility index (Phi) is 4.97. The van der Waals surface area contributed by atoms with Gasteiger partial charge in [-0.15, -0.1) is 0 Å². The molecule has 0 radical (unpaired) electrons.